The largest absolute Gasteiger partial charge is 0.392 e. The van der Waals surface area contributed by atoms with E-state index in [0.29, 0.717) is 24.7 Å². The summed E-state index contributed by atoms with van der Waals surface area (Å²) in [6, 6.07) is 7.94. The zero-order chi connectivity index (χ0) is 21.9. The lowest BCUT2D eigenvalue weighted by atomic mass is 10.0. The minimum Gasteiger partial charge on any atom is -0.392 e. The van der Waals surface area contributed by atoms with Gasteiger partial charge in [0.2, 0.25) is 17.6 Å². The first-order valence-electron chi connectivity index (χ1n) is 11.8. The summed E-state index contributed by atoms with van der Waals surface area (Å²) in [6.45, 7) is 2.87. The van der Waals surface area contributed by atoms with Gasteiger partial charge >= 0.3 is 0 Å². The molecule has 3 rings (SSSR count). The smallest absolute Gasteiger partial charge is 0.246 e. The summed E-state index contributed by atoms with van der Waals surface area (Å²) in [4.78, 5) is 16.5. The summed E-state index contributed by atoms with van der Waals surface area (Å²) in [7, 11) is 0. The number of hydrogen-bond acceptors (Lipinski definition) is 6. The number of amides is 1. The van der Waals surface area contributed by atoms with Crippen molar-refractivity contribution in [1.82, 2.24) is 20.8 Å². The van der Waals surface area contributed by atoms with Gasteiger partial charge in [-0.3, -0.25) is 4.79 Å². The van der Waals surface area contributed by atoms with Gasteiger partial charge in [0.25, 0.3) is 0 Å². The molecule has 0 spiro atoms. The lowest BCUT2D eigenvalue weighted by Gasteiger charge is -2.08. The first-order valence-corrected chi connectivity index (χ1v) is 11.8. The molecule has 170 valence electrons. The minimum absolute atomic E-state index is 0.165. The topological polar surface area (TPSA) is 100 Å². The standard InChI is InChI=1S/C24H36N4O3/c1-2-3-4-5-6-7-8-9-10-18-11-13-19(14-12-18)23-27-22(31-28-23)17-26-24(30)21-15-20(29)16-25-21/h11-14,20-21,25,29H,2-10,15-17H2,1H3,(H,26,30)/t20-,21-/m0/s1. The fourth-order valence-electron chi connectivity index (χ4n) is 3.93. The van der Waals surface area contributed by atoms with Gasteiger partial charge in [0, 0.05) is 12.1 Å². The summed E-state index contributed by atoms with van der Waals surface area (Å²) >= 11 is 0. The number of unbranched alkanes of at least 4 members (excludes halogenated alkanes) is 7. The maximum absolute atomic E-state index is 12.1. The number of carbonyl (C=O) groups is 1. The maximum Gasteiger partial charge on any atom is 0.246 e. The molecule has 1 aromatic carbocycles. The first kappa shape index (κ1) is 23.4. The van der Waals surface area contributed by atoms with Gasteiger partial charge in [0.15, 0.2) is 0 Å². The van der Waals surface area contributed by atoms with Crippen molar-refractivity contribution in [3.8, 4) is 11.4 Å². The Labute approximate surface area is 185 Å². The number of benzene rings is 1. The van der Waals surface area contributed by atoms with E-state index in [9.17, 15) is 9.90 Å². The van der Waals surface area contributed by atoms with Crippen molar-refractivity contribution in [3.05, 3.63) is 35.7 Å². The van der Waals surface area contributed by atoms with E-state index in [-0.39, 0.29) is 18.5 Å². The Bertz CT molecular complexity index is 790. The van der Waals surface area contributed by atoms with Gasteiger partial charge in [-0.05, 0) is 24.8 Å². The van der Waals surface area contributed by atoms with Gasteiger partial charge in [-0.2, -0.15) is 4.98 Å². The van der Waals surface area contributed by atoms with E-state index >= 15 is 0 Å². The lowest BCUT2D eigenvalue weighted by molar-refractivity contribution is -0.123. The van der Waals surface area contributed by atoms with Crippen LogP contribution < -0.4 is 10.6 Å². The summed E-state index contributed by atoms with van der Waals surface area (Å²) < 4.78 is 5.26. The van der Waals surface area contributed by atoms with Crippen molar-refractivity contribution in [1.29, 1.82) is 0 Å². The van der Waals surface area contributed by atoms with Crippen LogP contribution in [0.1, 0.15) is 76.2 Å². The molecular formula is C24H36N4O3. The molecule has 31 heavy (non-hydrogen) atoms. The van der Waals surface area contributed by atoms with Crippen LogP contribution in [-0.4, -0.2) is 39.8 Å². The van der Waals surface area contributed by atoms with Crippen molar-refractivity contribution in [2.24, 2.45) is 0 Å². The van der Waals surface area contributed by atoms with E-state index in [2.05, 4.69) is 39.8 Å². The molecule has 2 atom stereocenters. The normalized spacial score (nSPS) is 18.4. The maximum atomic E-state index is 12.1. The molecule has 0 radical (unpaired) electrons. The molecule has 1 aromatic heterocycles. The molecule has 0 bridgehead atoms. The number of aliphatic hydroxyl groups is 1. The molecular weight excluding hydrogens is 392 g/mol. The van der Waals surface area contributed by atoms with E-state index in [1.54, 1.807) is 0 Å². The molecule has 0 unspecified atom stereocenters. The molecule has 1 fully saturated rings. The number of rotatable bonds is 13. The van der Waals surface area contributed by atoms with E-state index < -0.39 is 6.10 Å². The third-order valence-corrected chi connectivity index (χ3v) is 5.84. The van der Waals surface area contributed by atoms with Crippen LogP contribution in [0.3, 0.4) is 0 Å². The van der Waals surface area contributed by atoms with Crippen LogP contribution in [-0.2, 0) is 17.8 Å². The van der Waals surface area contributed by atoms with Gasteiger partial charge in [0.1, 0.15) is 0 Å². The number of carbonyl (C=O) groups excluding carboxylic acids is 1. The molecule has 0 saturated carbocycles. The molecule has 1 aliphatic heterocycles. The Morgan fingerprint density at radius 3 is 2.52 bits per heavy atom. The van der Waals surface area contributed by atoms with Crippen molar-refractivity contribution in [3.63, 3.8) is 0 Å². The van der Waals surface area contributed by atoms with Crippen LogP contribution in [0.15, 0.2) is 28.8 Å². The Kier molecular flexibility index (Phi) is 9.49. The highest BCUT2D eigenvalue weighted by atomic mass is 16.5. The third kappa shape index (κ3) is 7.74. The Morgan fingerprint density at radius 2 is 1.84 bits per heavy atom. The lowest BCUT2D eigenvalue weighted by Crippen LogP contribution is -2.40. The summed E-state index contributed by atoms with van der Waals surface area (Å²) in [5.41, 5.74) is 2.23. The highest BCUT2D eigenvalue weighted by Gasteiger charge is 2.28. The van der Waals surface area contributed by atoms with E-state index in [1.807, 2.05) is 12.1 Å². The Morgan fingerprint density at radius 1 is 1.13 bits per heavy atom. The van der Waals surface area contributed by atoms with E-state index in [1.165, 1.54) is 56.9 Å². The number of aliphatic hydroxyl groups excluding tert-OH is 1. The minimum atomic E-state index is -0.468. The SMILES string of the molecule is CCCCCCCCCCc1ccc(-c2noc(CNC(=O)[C@@H]3C[C@H](O)CN3)n2)cc1. The molecule has 7 heteroatoms. The Hall–Kier alpha value is -2.25. The second-order valence-corrected chi connectivity index (χ2v) is 8.50. The predicted molar refractivity (Wildman–Crippen MR) is 120 cm³/mol. The van der Waals surface area contributed by atoms with Gasteiger partial charge < -0.3 is 20.3 Å². The Balaban J connectivity index is 1.37. The molecule has 2 aromatic rings. The fourth-order valence-corrected chi connectivity index (χ4v) is 3.93. The van der Waals surface area contributed by atoms with E-state index in [4.69, 9.17) is 4.52 Å². The van der Waals surface area contributed by atoms with Crippen molar-refractivity contribution in [2.45, 2.75) is 89.8 Å². The van der Waals surface area contributed by atoms with Crippen LogP contribution in [0.25, 0.3) is 11.4 Å². The van der Waals surface area contributed by atoms with Crippen LogP contribution in [0.2, 0.25) is 0 Å². The zero-order valence-corrected chi connectivity index (χ0v) is 18.6. The van der Waals surface area contributed by atoms with Gasteiger partial charge in [-0.25, -0.2) is 0 Å². The van der Waals surface area contributed by atoms with Crippen molar-refractivity contribution >= 4 is 5.91 Å². The number of aryl methyl sites for hydroxylation is 1. The number of aromatic nitrogens is 2. The molecule has 0 aliphatic carbocycles. The highest BCUT2D eigenvalue weighted by Crippen LogP contribution is 2.18. The highest BCUT2D eigenvalue weighted by molar-refractivity contribution is 5.82. The molecule has 1 amide bonds. The molecule has 1 aliphatic rings. The monoisotopic (exact) mass is 428 g/mol. The first-order chi connectivity index (χ1) is 15.2. The average molecular weight is 429 g/mol. The third-order valence-electron chi connectivity index (χ3n) is 5.84. The average Bonchev–Trinajstić information content (AvgIpc) is 3.44. The molecule has 1 saturated heterocycles. The van der Waals surface area contributed by atoms with Gasteiger partial charge in [-0.1, -0.05) is 81.3 Å². The number of nitrogens with zero attached hydrogens (tertiary/aromatic N) is 2. The van der Waals surface area contributed by atoms with Crippen LogP contribution in [0.4, 0.5) is 0 Å². The quantitative estimate of drug-likeness (QED) is 0.420. The van der Waals surface area contributed by atoms with E-state index in [0.717, 1.165) is 12.0 Å². The van der Waals surface area contributed by atoms with Crippen LogP contribution >= 0.6 is 0 Å². The number of nitrogens with one attached hydrogen (secondary N) is 2. The second-order valence-electron chi connectivity index (χ2n) is 8.50. The van der Waals surface area contributed by atoms with Crippen molar-refractivity contribution < 1.29 is 14.4 Å². The van der Waals surface area contributed by atoms with Crippen molar-refractivity contribution in [2.75, 3.05) is 6.54 Å². The molecule has 7 nitrogen and oxygen atoms in total. The molecule has 2 heterocycles. The second kappa shape index (κ2) is 12.6. The summed E-state index contributed by atoms with van der Waals surface area (Å²) in [6.07, 6.45) is 11.7. The number of β-amino-alcohol motifs (C(OH)–C–C–N with tert-alkyl or cyclic N) is 1. The zero-order valence-electron chi connectivity index (χ0n) is 18.6. The molecule has 3 N–H and O–H groups in total. The van der Waals surface area contributed by atoms with Gasteiger partial charge in [-0.15, -0.1) is 0 Å². The fraction of sp³-hybridized carbons (Fsp3) is 0.625. The van der Waals surface area contributed by atoms with Gasteiger partial charge in [0.05, 0.1) is 18.7 Å². The van der Waals surface area contributed by atoms with Crippen LogP contribution in [0, 0.1) is 0 Å². The van der Waals surface area contributed by atoms with Crippen LogP contribution in [0.5, 0.6) is 0 Å². The predicted octanol–water partition coefficient (Wildman–Crippen LogP) is 3.76. The summed E-state index contributed by atoms with van der Waals surface area (Å²) in [5.74, 6) is 0.726. The number of hydrogen-bond donors (Lipinski definition) is 3. The summed E-state index contributed by atoms with van der Waals surface area (Å²) in [5, 5.41) is 19.3.